The van der Waals surface area contributed by atoms with Crippen molar-refractivity contribution in [2.75, 3.05) is 60.2 Å². The highest BCUT2D eigenvalue weighted by atomic mass is 79.9. The van der Waals surface area contributed by atoms with Crippen LogP contribution in [0.25, 0.3) is 0 Å². The van der Waals surface area contributed by atoms with Gasteiger partial charge in [0.05, 0.1) is 40.4 Å². The smallest absolute Gasteiger partial charge is 0.207 e. The Labute approximate surface area is 305 Å². The Morgan fingerprint density at radius 1 is 0.311 bits per heavy atom. The van der Waals surface area contributed by atoms with E-state index in [0.717, 1.165) is 41.8 Å². The molecule has 2 unspecified atom stereocenters. The van der Waals surface area contributed by atoms with E-state index in [0.29, 0.717) is 0 Å². The number of likely N-dealkylation sites (N-methyl/N-ethyl adjacent to an activating group) is 2. The molecule has 0 aliphatic rings. The van der Waals surface area contributed by atoms with E-state index in [4.69, 9.17) is 0 Å². The maximum Gasteiger partial charge on any atom is 0.207 e. The molecule has 0 bridgehead atoms. The van der Waals surface area contributed by atoms with Crippen LogP contribution < -0.4 is 34.0 Å². The minimum atomic E-state index is 0. The number of nitrogens with zero attached hydrogens (tertiary/aromatic N) is 2. The highest BCUT2D eigenvalue weighted by molar-refractivity contribution is 4.52. The molecule has 0 rings (SSSR count). The van der Waals surface area contributed by atoms with Gasteiger partial charge < -0.3 is 44.2 Å². The van der Waals surface area contributed by atoms with Crippen LogP contribution in [0.5, 0.6) is 0 Å². The summed E-state index contributed by atoms with van der Waals surface area (Å²) in [6, 6.07) is 0. The van der Waals surface area contributed by atoms with Crippen LogP contribution in [0.3, 0.4) is 0 Å². The van der Waals surface area contributed by atoms with Crippen LogP contribution in [-0.4, -0.2) is 79.3 Å². The van der Waals surface area contributed by atoms with Crippen LogP contribution in [0.4, 0.5) is 0 Å². The van der Waals surface area contributed by atoms with Crippen molar-refractivity contribution >= 4 is 0 Å². The van der Waals surface area contributed by atoms with Gasteiger partial charge in [0, 0.05) is 0 Å². The summed E-state index contributed by atoms with van der Waals surface area (Å²) in [6.45, 7) is 10.1. The zero-order chi connectivity index (χ0) is 31.7. The molecule has 0 aliphatic carbocycles. The molecule has 0 fully saturated rings. The maximum atomic E-state index is 9.88. The van der Waals surface area contributed by atoms with Crippen molar-refractivity contribution < 1.29 is 53.1 Å². The SMILES string of the molecule is CCCCCCCCCCCCCCCC[N+](C)(CCO)C[N+](C)(CCO)CCCCCCCCCCCCCCCC.[Br-].[Br-]. The summed E-state index contributed by atoms with van der Waals surface area (Å²) in [6.07, 6.45) is 39.1. The van der Waals surface area contributed by atoms with Crippen molar-refractivity contribution in [3.05, 3.63) is 0 Å². The van der Waals surface area contributed by atoms with Gasteiger partial charge in [-0.05, 0) is 25.7 Å². The third kappa shape index (κ3) is 34.5. The lowest BCUT2D eigenvalue weighted by Crippen LogP contribution is -3.00. The summed E-state index contributed by atoms with van der Waals surface area (Å²) in [5.41, 5.74) is 0. The molecule has 0 amide bonds. The number of quaternary nitrogens is 2. The lowest BCUT2D eigenvalue weighted by atomic mass is 10.0. The lowest BCUT2D eigenvalue weighted by molar-refractivity contribution is -1.09. The lowest BCUT2D eigenvalue weighted by Gasteiger charge is -2.43. The first-order valence-electron chi connectivity index (χ1n) is 19.8. The number of aliphatic hydroxyl groups excluding tert-OH is 2. The third-order valence-corrected chi connectivity index (χ3v) is 10.1. The maximum absolute atomic E-state index is 9.88. The van der Waals surface area contributed by atoms with Crippen LogP contribution >= 0.6 is 0 Å². The fourth-order valence-electron chi connectivity index (χ4n) is 7.19. The van der Waals surface area contributed by atoms with Gasteiger partial charge in [-0.15, -0.1) is 0 Å². The second-order valence-corrected chi connectivity index (χ2v) is 14.9. The van der Waals surface area contributed by atoms with Crippen LogP contribution in [0.2, 0.25) is 0 Å². The minimum absolute atomic E-state index is 0. The van der Waals surface area contributed by atoms with E-state index >= 15 is 0 Å². The largest absolute Gasteiger partial charge is 1.00 e. The van der Waals surface area contributed by atoms with E-state index in [2.05, 4.69) is 27.9 Å². The molecule has 0 aromatic carbocycles. The Morgan fingerprint density at radius 2 is 0.511 bits per heavy atom. The molecule has 0 aliphatic heterocycles. The van der Waals surface area contributed by atoms with E-state index in [-0.39, 0.29) is 47.2 Å². The Kier molecular flexibility index (Phi) is 41.9. The van der Waals surface area contributed by atoms with Crippen molar-refractivity contribution in [1.29, 1.82) is 0 Å². The molecule has 0 spiro atoms. The van der Waals surface area contributed by atoms with Gasteiger partial charge in [-0.25, -0.2) is 0 Å². The van der Waals surface area contributed by atoms with Crippen molar-refractivity contribution in [3.8, 4) is 0 Å². The molecule has 45 heavy (non-hydrogen) atoms. The summed E-state index contributed by atoms with van der Waals surface area (Å²) in [5, 5.41) is 19.8. The summed E-state index contributed by atoms with van der Waals surface area (Å²) in [7, 11) is 4.69. The van der Waals surface area contributed by atoms with Crippen molar-refractivity contribution in [3.63, 3.8) is 0 Å². The highest BCUT2D eigenvalue weighted by Crippen LogP contribution is 2.18. The van der Waals surface area contributed by atoms with Gasteiger partial charge in [0.15, 0.2) is 0 Å². The number of hydrogen-bond acceptors (Lipinski definition) is 2. The van der Waals surface area contributed by atoms with Crippen LogP contribution in [-0.2, 0) is 0 Å². The molecule has 0 saturated carbocycles. The van der Waals surface area contributed by atoms with Crippen molar-refractivity contribution in [2.45, 2.75) is 194 Å². The van der Waals surface area contributed by atoms with E-state index < -0.39 is 0 Å². The molecule has 4 nitrogen and oxygen atoms in total. The second kappa shape index (κ2) is 37.6. The standard InChI is InChI=1S/C39H84N2O2.2BrH/c1-5-7-9-11-13-15-17-19-21-23-25-27-29-31-33-40(3,35-37-42)39-41(4,36-38-43)34-32-30-28-26-24-22-20-18-16-14-12-10-8-6-2;;/h42-43H,5-39H2,1-4H3;2*1H/q+2;;/p-2. The summed E-state index contributed by atoms with van der Waals surface area (Å²) < 4.78 is 1.87. The zero-order valence-corrected chi connectivity index (χ0v) is 34.5. The molecule has 276 valence electrons. The molecular formula is C39H84Br2N2O2. The molecule has 6 heteroatoms. The summed E-state index contributed by atoms with van der Waals surface area (Å²) >= 11 is 0. The molecule has 0 heterocycles. The summed E-state index contributed by atoms with van der Waals surface area (Å²) in [5.74, 6) is 0. The Hall–Kier alpha value is 0.800. The zero-order valence-electron chi connectivity index (χ0n) is 31.3. The first-order valence-corrected chi connectivity index (χ1v) is 19.8. The quantitative estimate of drug-likeness (QED) is 0.0547. The van der Waals surface area contributed by atoms with Gasteiger partial charge in [0.2, 0.25) is 6.67 Å². The number of halogens is 2. The molecule has 0 radical (unpaired) electrons. The highest BCUT2D eigenvalue weighted by Gasteiger charge is 2.33. The van der Waals surface area contributed by atoms with Crippen LogP contribution in [0.1, 0.15) is 194 Å². The van der Waals surface area contributed by atoms with Gasteiger partial charge in [-0.1, -0.05) is 168 Å². The molecule has 0 aromatic rings. The molecular weight excluding hydrogens is 688 g/mol. The first-order chi connectivity index (χ1) is 20.9. The normalized spacial score (nSPS) is 14.0. The predicted molar refractivity (Wildman–Crippen MR) is 191 cm³/mol. The monoisotopic (exact) mass is 770 g/mol. The van der Waals surface area contributed by atoms with E-state index in [9.17, 15) is 10.2 Å². The molecule has 2 atom stereocenters. The average molecular weight is 773 g/mol. The Balaban J connectivity index is -0.00000882. The van der Waals surface area contributed by atoms with Crippen LogP contribution in [0.15, 0.2) is 0 Å². The third-order valence-electron chi connectivity index (χ3n) is 10.1. The molecule has 0 saturated heterocycles. The van der Waals surface area contributed by atoms with Crippen molar-refractivity contribution in [1.82, 2.24) is 0 Å². The van der Waals surface area contributed by atoms with Crippen molar-refractivity contribution in [2.24, 2.45) is 0 Å². The fraction of sp³-hybridized carbons (Fsp3) is 1.00. The van der Waals surface area contributed by atoms with Gasteiger partial charge in [0.1, 0.15) is 13.1 Å². The van der Waals surface area contributed by atoms with Gasteiger partial charge in [0.25, 0.3) is 0 Å². The van der Waals surface area contributed by atoms with Gasteiger partial charge in [-0.3, -0.25) is 8.97 Å². The first kappa shape index (κ1) is 50.2. The van der Waals surface area contributed by atoms with Gasteiger partial charge in [-0.2, -0.15) is 0 Å². The van der Waals surface area contributed by atoms with Crippen LogP contribution in [0, 0.1) is 0 Å². The molecule has 0 aromatic heterocycles. The fourth-order valence-corrected chi connectivity index (χ4v) is 7.19. The number of hydrogen-bond donors (Lipinski definition) is 2. The molecule has 2 N–H and O–H groups in total. The predicted octanol–water partition coefficient (Wildman–Crippen LogP) is 4.79. The average Bonchev–Trinajstić information content (AvgIpc) is 2.97. The Morgan fingerprint density at radius 3 is 0.711 bits per heavy atom. The van der Waals surface area contributed by atoms with E-state index in [1.807, 2.05) is 0 Å². The summed E-state index contributed by atoms with van der Waals surface area (Å²) in [4.78, 5) is 0. The second-order valence-electron chi connectivity index (χ2n) is 14.9. The number of rotatable bonds is 36. The number of unbranched alkanes of at least 4 members (excludes halogenated alkanes) is 26. The minimum Gasteiger partial charge on any atom is -1.00 e. The number of aliphatic hydroxyl groups is 2. The van der Waals surface area contributed by atoms with Gasteiger partial charge >= 0.3 is 0 Å². The van der Waals surface area contributed by atoms with E-state index in [1.165, 1.54) is 180 Å². The topological polar surface area (TPSA) is 40.5 Å². The van der Waals surface area contributed by atoms with E-state index in [1.54, 1.807) is 0 Å². The Bertz CT molecular complexity index is 511.